The first-order valence-electron chi connectivity index (χ1n) is 9.85. The van der Waals surface area contributed by atoms with Crippen LogP contribution >= 0.6 is 0 Å². The van der Waals surface area contributed by atoms with E-state index in [1.54, 1.807) is 6.26 Å². The molecule has 0 unspecified atom stereocenters. The molecule has 3 aromatic rings. The van der Waals surface area contributed by atoms with Crippen LogP contribution < -0.4 is 15.4 Å². The molecule has 0 saturated carbocycles. The lowest BCUT2D eigenvalue weighted by Crippen LogP contribution is -2.30. The summed E-state index contributed by atoms with van der Waals surface area (Å²) >= 11 is 0. The van der Waals surface area contributed by atoms with E-state index in [0.717, 1.165) is 23.2 Å². The Morgan fingerprint density at radius 1 is 1.10 bits per heavy atom. The summed E-state index contributed by atoms with van der Waals surface area (Å²) in [5.41, 5.74) is 4.66. The summed E-state index contributed by atoms with van der Waals surface area (Å²) in [7, 11) is 0. The highest BCUT2D eigenvalue weighted by molar-refractivity contribution is 5.91. The smallest absolute Gasteiger partial charge is 0.319 e. The zero-order chi connectivity index (χ0) is 20.6. The number of nitrogens with zero attached hydrogens (tertiary/aromatic N) is 1. The van der Waals surface area contributed by atoms with E-state index in [9.17, 15) is 4.79 Å². The lowest BCUT2D eigenvalue weighted by Gasteiger charge is -2.13. The molecular weight excluding hydrogens is 366 g/mol. The molecule has 152 valence electrons. The highest BCUT2D eigenvalue weighted by atomic mass is 16.5. The average molecular weight is 393 g/mol. The van der Waals surface area contributed by atoms with E-state index >= 15 is 0 Å². The lowest BCUT2D eigenvalue weighted by molar-refractivity contribution is 0.252. The number of hydrogen-bond acceptors (Lipinski definition) is 4. The quantitative estimate of drug-likeness (QED) is 0.557. The van der Waals surface area contributed by atoms with Gasteiger partial charge in [0.2, 0.25) is 5.89 Å². The maximum Gasteiger partial charge on any atom is 0.319 e. The number of anilines is 1. The van der Waals surface area contributed by atoms with Gasteiger partial charge in [-0.25, -0.2) is 9.78 Å². The zero-order valence-electron chi connectivity index (χ0n) is 17.1. The second-order valence-corrected chi connectivity index (χ2v) is 6.99. The molecule has 6 heteroatoms. The van der Waals surface area contributed by atoms with Gasteiger partial charge in [0.25, 0.3) is 0 Å². The zero-order valence-corrected chi connectivity index (χ0v) is 17.1. The monoisotopic (exact) mass is 393 g/mol. The normalized spacial score (nSPS) is 10.6. The fourth-order valence-electron chi connectivity index (χ4n) is 2.79. The molecular formula is C23H27N3O3. The van der Waals surface area contributed by atoms with Crippen molar-refractivity contribution in [2.75, 3.05) is 18.5 Å². The summed E-state index contributed by atoms with van der Waals surface area (Å²) in [5.74, 6) is 1.27. The van der Waals surface area contributed by atoms with Crippen molar-refractivity contribution >= 4 is 11.7 Å². The molecule has 0 aliphatic heterocycles. The average Bonchev–Trinajstić information content (AvgIpc) is 3.17. The summed E-state index contributed by atoms with van der Waals surface area (Å²) in [6.45, 7) is 7.13. The van der Waals surface area contributed by atoms with Crippen molar-refractivity contribution in [3.8, 4) is 17.2 Å². The number of aryl methyl sites for hydroxylation is 2. The van der Waals surface area contributed by atoms with Crippen LogP contribution in [0.15, 0.2) is 53.1 Å². The van der Waals surface area contributed by atoms with Crippen molar-refractivity contribution in [2.45, 2.75) is 33.6 Å². The number of ether oxygens (including phenoxy) is 1. The molecule has 2 aromatic carbocycles. The number of nitrogens with one attached hydrogen (secondary N) is 2. The molecule has 0 aliphatic rings. The fourth-order valence-corrected chi connectivity index (χ4v) is 2.79. The maximum atomic E-state index is 12.3. The van der Waals surface area contributed by atoms with Gasteiger partial charge in [0.15, 0.2) is 0 Å². The first-order valence-corrected chi connectivity index (χ1v) is 9.85. The maximum absolute atomic E-state index is 12.3. The molecule has 0 spiro atoms. The van der Waals surface area contributed by atoms with E-state index in [2.05, 4.69) is 15.6 Å². The molecule has 1 aromatic heterocycles. The fraction of sp³-hybridized carbons (Fsp3) is 0.304. The van der Waals surface area contributed by atoms with Gasteiger partial charge < -0.3 is 19.8 Å². The Morgan fingerprint density at radius 2 is 1.86 bits per heavy atom. The van der Waals surface area contributed by atoms with E-state index < -0.39 is 0 Å². The Kier molecular flexibility index (Phi) is 6.89. The summed E-state index contributed by atoms with van der Waals surface area (Å²) in [6, 6.07) is 13.4. The van der Waals surface area contributed by atoms with E-state index in [4.69, 9.17) is 9.15 Å². The Labute approximate surface area is 171 Å². The first kappa shape index (κ1) is 20.5. The summed E-state index contributed by atoms with van der Waals surface area (Å²) in [6.07, 6.45) is 3.11. The van der Waals surface area contributed by atoms with Crippen molar-refractivity contribution in [3.05, 3.63) is 65.5 Å². The molecule has 0 saturated heterocycles. The molecule has 0 atom stereocenters. The van der Waals surface area contributed by atoms with Crippen molar-refractivity contribution < 1.29 is 13.9 Å². The van der Waals surface area contributed by atoms with Gasteiger partial charge in [-0.05, 0) is 50.1 Å². The molecule has 2 N–H and O–H groups in total. The van der Waals surface area contributed by atoms with Crippen LogP contribution in [0.5, 0.6) is 5.75 Å². The number of rotatable bonds is 8. The predicted molar refractivity (Wildman–Crippen MR) is 114 cm³/mol. The van der Waals surface area contributed by atoms with Crippen LogP contribution in [0.25, 0.3) is 11.5 Å². The molecule has 0 bridgehead atoms. The van der Waals surface area contributed by atoms with Gasteiger partial charge in [-0.2, -0.15) is 0 Å². The van der Waals surface area contributed by atoms with Gasteiger partial charge in [0, 0.05) is 18.5 Å². The molecule has 29 heavy (non-hydrogen) atoms. The van der Waals surface area contributed by atoms with Gasteiger partial charge in [-0.3, -0.25) is 0 Å². The van der Waals surface area contributed by atoms with E-state index in [0.29, 0.717) is 36.9 Å². The van der Waals surface area contributed by atoms with Crippen molar-refractivity contribution in [1.29, 1.82) is 0 Å². The summed E-state index contributed by atoms with van der Waals surface area (Å²) < 4.78 is 11.3. The Balaban J connectivity index is 1.51. The third-order valence-corrected chi connectivity index (χ3v) is 4.36. The number of hydrogen-bond donors (Lipinski definition) is 2. The minimum atomic E-state index is -0.280. The van der Waals surface area contributed by atoms with Crippen LogP contribution in [0.2, 0.25) is 0 Å². The Hall–Kier alpha value is -3.28. The second-order valence-electron chi connectivity index (χ2n) is 6.99. The van der Waals surface area contributed by atoms with E-state index in [-0.39, 0.29) is 6.03 Å². The topological polar surface area (TPSA) is 76.4 Å². The minimum absolute atomic E-state index is 0.280. The molecule has 0 fully saturated rings. The highest BCUT2D eigenvalue weighted by Crippen LogP contribution is 2.26. The highest BCUT2D eigenvalue weighted by Gasteiger charge is 2.10. The molecule has 0 radical (unpaired) electrons. The van der Waals surface area contributed by atoms with Gasteiger partial charge in [-0.15, -0.1) is 0 Å². The largest absolute Gasteiger partial charge is 0.491 e. The van der Waals surface area contributed by atoms with Gasteiger partial charge in [0.1, 0.15) is 12.0 Å². The van der Waals surface area contributed by atoms with Crippen molar-refractivity contribution in [3.63, 3.8) is 0 Å². The third kappa shape index (κ3) is 5.85. The van der Waals surface area contributed by atoms with Crippen LogP contribution in [0.1, 0.15) is 30.2 Å². The Morgan fingerprint density at radius 3 is 2.62 bits per heavy atom. The van der Waals surface area contributed by atoms with Gasteiger partial charge >= 0.3 is 6.03 Å². The number of amides is 2. The second kappa shape index (κ2) is 9.78. The van der Waals surface area contributed by atoms with Gasteiger partial charge in [0.05, 0.1) is 18.0 Å². The Bertz CT molecular complexity index is 948. The molecule has 6 nitrogen and oxygen atoms in total. The minimum Gasteiger partial charge on any atom is -0.491 e. The molecule has 0 aliphatic carbocycles. The van der Waals surface area contributed by atoms with E-state index in [1.807, 2.05) is 63.2 Å². The van der Waals surface area contributed by atoms with Crippen molar-refractivity contribution in [1.82, 2.24) is 10.3 Å². The van der Waals surface area contributed by atoms with Crippen LogP contribution in [-0.2, 0) is 6.42 Å². The number of aromatic nitrogens is 1. The number of oxazole rings is 1. The predicted octanol–water partition coefficient (Wildman–Crippen LogP) is 5.11. The number of urea groups is 1. The van der Waals surface area contributed by atoms with Crippen LogP contribution in [0, 0.1) is 13.8 Å². The standard InChI is InChI=1S/C23H27N3O3/c1-4-13-28-21-14-17(3)7-10-20(21)26-23(27)24-12-11-19-15-29-22(25-19)18-8-5-16(2)6-9-18/h5-10,14-15H,4,11-13H2,1-3H3,(H2,24,26,27). The lowest BCUT2D eigenvalue weighted by atomic mass is 10.1. The number of carbonyl (C=O) groups excluding carboxylic acids is 1. The third-order valence-electron chi connectivity index (χ3n) is 4.36. The van der Waals surface area contributed by atoms with Crippen molar-refractivity contribution in [2.24, 2.45) is 0 Å². The number of carbonyl (C=O) groups is 1. The molecule has 2 amide bonds. The molecule has 3 rings (SSSR count). The summed E-state index contributed by atoms with van der Waals surface area (Å²) in [4.78, 5) is 16.7. The van der Waals surface area contributed by atoms with E-state index in [1.165, 1.54) is 5.56 Å². The van der Waals surface area contributed by atoms with Gasteiger partial charge in [-0.1, -0.05) is 30.7 Å². The number of benzene rings is 2. The first-order chi connectivity index (χ1) is 14.0. The van der Waals surface area contributed by atoms with Crippen LogP contribution in [0.3, 0.4) is 0 Å². The SMILES string of the molecule is CCCOc1cc(C)ccc1NC(=O)NCCc1coc(-c2ccc(C)cc2)n1. The van der Waals surface area contributed by atoms with Crippen LogP contribution in [0.4, 0.5) is 10.5 Å². The van der Waals surface area contributed by atoms with Crippen LogP contribution in [-0.4, -0.2) is 24.2 Å². The summed E-state index contributed by atoms with van der Waals surface area (Å²) in [5, 5.41) is 5.70. The molecule has 1 heterocycles.